The van der Waals surface area contributed by atoms with Crippen molar-refractivity contribution in [1.82, 2.24) is 4.90 Å². The smallest absolute Gasteiger partial charge is 0.353 e. The van der Waals surface area contributed by atoms with Crippen LogP contribution in [0.15, 0.2) is 10.6 Å². The Morgan fingerprint density at radius 3 is 3.00 bits per heavy atom. The van der Waals surface area contributed by atoms with Crippen LogP contribution >= 0.6 is 23.5 Å². The molecule has 4 nitrogen and oxygen atoms in total. The number of aliphatic carboxylic acids is 1. The van der Waals surface area contributed by atoms with Crippen molar-refractivity contribution in [2.24, 2.45) is 0 Å². The highest BCUT2D eigenvalue weighted by Crippen LogP contribution is 2.46. The van der Waals surface area contributed by atoms with Crippen LogP contribution in [0.2, 0.25) is 0 Å². The van der Waals surface area contributed by atoms with E-state index < -0.39 is 5.97 Å². The van der Waals surface area contributed by atoms with Crippen LogP contribution in [0.25, 0.3) is 0 Å². The van der Waals surface area contributed by atoms with Crippen molar-refractivity contribution in [1.29, 1.82) is 0 Å². The van der Waals surface area contributed by atoms with Crippen LogP contribution < -0.4 is 0 Å². The number of carboxylic acid groups (broad SMARTS) is 1. The van der Waals surface area contributed by atoms with Crippen molar-refractivity contribution >= 4 is 35.4 Å². The molecule has 1 fully saturated rings. The minimum atomic E-state index is -0.989. The molecular formula is C8H9NO3S2. The van der Waals surface area contributed by atoms with E-state index in [0.29, 0.717) is 12.2 Å². The molecule has 1 saturated heterocycles. The summed E-state index contributed by atoms with van der Waals surface area (Å²) in [7, 11) is 0. The van der Waals surface area contributed by atoms with Crippen LogP contribution in [-0.4, -0.2) is 39.3 Å². The zero-order valence-corrected chi connectivity index (χ0v) is 9.15. The first kappa shape index (κ1) is 9.92. The predicted octanol–water partition coefficient (Wildman–Crippen LogP) is 0.951. The molecule has 0 saturated carbocycles. The number of fused-ring (bicyclic) bond motifs is 1. The zero-order chi connectivity index (χ0) is 10.3. The van der Waals surface area contributed by atoms with Gasteiger partial charge in [-0.2, -0.15) is 11.8 Å². The van der Waals surface area contributed by atoms with Gasteiger partial charge in [0.25, 0.3) is 0 Å². The summed E-state index contributed by atoms with van der Waals surface area (Å²) in [6, 6.07) is 0. The molecule has 2 aliphatic heterocycles. The standard InChI is InChI=1S/C8H9NO3S2/c1-13-3-4-7(8(11)12)9-5(10)2-6(9)14-4/h6H,2-3H2,1H3,(H,11,12)/t6-/m0/s1. The summed E-state index contributed by atoms with van der Waals surface area (Å²) in [6.45, 7) is 0. The fourth-order valence-electron chi connectivity index (χ4n) is 1.56. The first-order valence-corrected chi connectivity index (χ1v) is 6.36. The Morgan fingerprint density at radius 2 is 2.50 bits per heavy atom. The van der Waals surface area contributed by atoms with E-state index in [0.717, 1.165) is 4.91 Å². The molecule has 6 heteroatoms. The van der Waals surface area contributed by atoms with Gasteiger partial charge < -0.3 is 5.11 Å². The van der Waals surface area contributed by atoms with Gasteiger partial charge in [0.05, 0.1) is 11.8 Å². The second-order valence-electron chi connectivity index (χ2n) is 3.05. The van der Waals surface area contributed by atoms with Crippen LogP contribution in [0.5, 0.6) is 0 Å². The number of β-lactam (4-membered cyclic amide) rings is 1. The van der Waals surface area contributed by atoms with Crippen molar-refractivity contribution in [3.05, 3.63) is 10.6 Å². The number of amides is 1. The molecule has 1 amide bonds. The molecule has 2 aliphatic rings. The Morgan fingerprint density at radius 1 is 1.79 bits per heavy atom. The molecule has 14 heavy (non-hydrogen) atoms. The molecule has 0 bridgehead atoms. The number of nitrogens with zero attached hydrogens (tertiary/aromatic N) is 1. The molecule has 0 aromatic heterocycles. The van der Waals surface area contributed by atoms with Gasteiger partial charge in [0.15, 0.2) is 0 Å². The van der Waals surface area contributed by atoms with Gasteiger partial charge in [-0.05, 0) is 6.26 Å². The maximum atomic E-state index is 11.2. The Labute approximate surface area is 89.7 Å². The highest BCUT2D eigenvalue weighted by Gasteiger charge is 2.47. The summed E-state index contributed by atoms with van der Waals surface area (Å²) in [5.74, 6) is -0.389. The molecule has 0 aromatic carbocycles. The monoisotopic (exact) mass is 231 g/mol. The van der Waals surface area contributed by atoms with Crippen molar-refractivity contribution in [3.63, 3.8) is 0 Å². The number of thioether (sulfide) groups is 2. The van der Waals surface area contributed by atoms with E-state index >= 15 is 0 Å². The van der Waals surface area contributed by atoms with Gasteiger partial charge in [0, 0.05) is 10.7 Å². The third kappa shape index (κ3) is 1.33. The number of rotatable bonds is 3. The van der Waals surface area contributed by atoms with E-state index in [4.69, 9.17) is 5.11 Å². The lowest BCUT2D eigenvalue weighted by molar-refractivity contribution is -0.145. The normalized spacial score (nSPS) is 25.1. The maximum absolute atomic E-state index is 11.2. The third-order valence-corrected chi connectivity index (χ3v) is 4.20. The molecule has 0 aromatic rings. The molecule has 2 rings (SSSR count). The molecule has 0 radical (unpaired) electrons. The van der Waals surface area contributed by atoms with Crippen molar-refractivity contribution in [2.45, 2.75) is 11.8 Å². The molecule has 0 unspecified atom stereocenters. The number of carbonyl (C=O) groups excluding carboxylic acids is 1. The van der Waals surface area contributed by atoms with E-state index in [1.807, 2.05) is 6.26 Å². The number of carbonyl (C=O) groups is 2. The van der Waals surface area contributed by atoms with E-state index in [-0.39, 0.29) is 17.0 Å². The lowest BCUT2D eigenvalue weighted by Crippen LogP contribution is -2.48. The van der Waals surface area contributed by atoms with Gasteiger partial charge in [-0.15, -0.1) is 11.8 Å². The Bertz CT molecular complexity index is 339. The minimum Gasteiger partial charge on any atom is -0.477 e. The second-order valence-corrected chi connectivity index (χ2v) is 5.19. The van der Waals surface area contributed by atoms with Crippen LogP contribution in [-0.2, 0) is 9.59 Å². The second kappa shape index (κ2) is 3.51. The van der Waals surface area contributed by atoms with Crippen LogP contribution in [0, 0.1) is 0 Å². The minimum absolute atomic E-state index is 0.0516. The van der Waals surface area contributed by atoms with E-state index in [1.54, 1.807) is 11.8 Å². The fraction of sp³-hybridized carbons (Fsp3) is 0.500. The van der Waals surface area contributed by atoms with Gasteiger partial charge in [-0.3, -0.25) is 9.69 Å². The highest BCUT2D eigenvalue weighted by atomic mass is 32.2. The summed E-state index contributed by atoms with van der Waals surface area (Å²) in [5, 5.41) is 9.03. The zero-order valence-electron chi connectivity index (χ0n) is 7.52. The molecule has 76 valence electrons. The lowest BCUT2D eigenvalue weighted by Gasteiger charge is -2.33. The van der Waals surface area contributed by atoms with Crippen LogP contribution in [0.4, 0.5) is 0 Å². The van der Waals surface area contributed by atoms with Crippen molar-refractivity contribution in [2.75, 3.05) is 12.0 Å². The van der Waals surface area contributed by atoms with Gasteiger partial charge in [-0.1, -0.05) is 0 Å². The van der Waals surface area contributed by atoms with Gasteiger partial charge >= 0.3 is 5.97 Å². The summed E-state index contributed by atoms with van der Waals surface area (Å²) in [5.41, 5.74) is 0.200. The Balaban J connectivity index is 2.28. The fourth-order valence-corrected chi connectivity index (χ4v) is 3.77. The third-order valence-electron chi connectivity index (χ3n) is 2.17. The first-order valence-electron chi connectivity index (χ1n) is 4.09. The summed E-state index contributed by atoms with van der Waals surface area (Å²) in [4.78, 5) is 24.4. The molecular weight excluding hydrogens is 222 g/mol. The van der Waals surface area contributed by atoms with Crippen molar-refractivity contribution in [3.8, 4) is 0 Å². The Hall–Kier alpha value is -0.620. The lowest BCUT2D eigenvalue weighted by atomic mass is 10.1. The highest BCUT2D eigenvalue weighted by molar-refractivity contribution is 8.06. The average molecular weight is 231 g/mol. The van der Waals surface area contributed by atoms with E-state index in [2.05, 4.69) is 0 Å². The molecule has 0 aliphatic carbocycles. The molecule has 0 spiro atoms. The topological polar surface area (TPSA) is 57.6 Å². The number of carboxylic acids is 1. The molecule has 1 atom stereocenters. The summed E-state index contributed by atoms with van der Waals surface area (Å²) < 4.78 is 0. The number of hydrogen-bond donors (Lipinski definition) is 1. The van der Waals surface area contributed by atoms with Gasteiger partial charge in [-0.25, -0.2) is 4.79 Å². The first-order chi connectivity index (χ1) is 6.65. The Kier molecular flexibility index (Phi) is 2.48. The largest absolute Gasteiger partial charge is 0.477 e. The summed E-state index contributed by atoms with van der Waals surface area (Å²) in [6.07, 6.45) is 2.39. The summed E-state index contributed by atoms with van der Waals surface area (Å²) >= 11 is 3.08. The van der Waals surface area contributed by atoms with Gasteiger partial charge in [0.2, 0.25) is 5.91 Å². The van der Waals surface area contributed by atoms with Gasteiger partial charge in [0.1, 0.15) is 5.70 Å². The van der Waals surface area contributed by atoms with E-state index in [1.165, 1.54) is 16.7 Å². The maximum Gasteiger partial charge on any atom is 0.353 e. The molecule has 2 heterocycles. The average Bonchev–Trinajstić information content (AvgIpc) is 2.39. The predicted molar refractivity (Wildman–Crippen MR) is 55.9 cm³/mol. The van der Waals surface area contributed by atoms with Crippen LogP contribution in [0.1, 0.15) is 6.42 Å². The quantitative estimate of drug-likeness (QED) is 0.733. The van der Waals surface area contributed by atoms with Crippen molar-refractivity contribution < 1.29 is 14.7 Å². The van der Waals surface area contributed by atoms with Crippen LogP contribution in [0.3, 0.4) is 0 Å². The molecule has 1 N–H and O–H groups in total. The number of hydrogen-bond acceptors (Lipinski definition) is 4. The van der Waals surface area contributed by atoms with E-state index in [9.17, 15) is 9.59 Å². The SMILES string of the molecule is CSCC1=C(C(=O)O)N2C(=O)C[C@@H]2S1.